The molecule has 3 heterocycles. The lowest BCUT2D eigenvalue weighted by Crippen LogP contribution is -2.38. The normalized spacial score (nSPS) is 18.5. The van der Waals surface area contributed by atoms with Gasteiger partial charge in [-0.1, -0.05) is 30.3 Å². The van der Waals surface area contributed by atoms with E-state index in [-0.39, 0.29) is 0 Å². The highest BCUT2D eigenvalue weighted by Gasteiger charge is 2.22. The van der Waals surface area contributed by atoms with E-state index >= 15 is 0 Å². The first-order valence-electron chi connectivity index (χ1n) is 8.29. The Kier molecular flexibility index (Phi) is 3.48. The van der Waals surface area contributed by atoms with Crippen LogP contribution in [0.15, 0.2) is 36.4 Å². The van der Waals surface area contributed by atoms with E-state index in [1.165, 1.54) is 19.3 Å². The number of anilines is 1. The van der Waals surface area contributed by atoms with Crippen molar-refractivity contribution in [1.29, 1.82) is 0 Å². The van der Waals surface area contributed by atoms with Gasteiger partial charge in [0.2, 0.25) is 0 Å². The summed E-state index contributed by atoms with van der Waals surface area (Å²) >= 11 is 0. The van der Waals surface area contributed by atoms with Crippen molar-refractivity contribution in [2.45, 2.75) is 39.2 Å². The van der Waals surface area contributed by atoms with Crippen LogP contribution in [-0.2, 0) is 0 Å². The second-order valence-corrected chi connectivity index (χ2v) is 6.31. The van der Waals surface area contributed by atoms with Crippen LogP contribution in [0, 0.1) is 6.92 Å². The number of aryl methyl sites for hydroxylation is 1. The maximum Gasteiger partial charge on any atom is 0.254 e. The molecule has 0 saturated carbocycles. The number of fused-ring (bicyclic) bond motifs is 1. The quantitative estimate of drug-likeness (QED) is 0.727. The zero-order chi connectivity index (χ0) is 15.8. The first-order valence-corrected chi connectivity index (χ1v) is 8.29. The second kappa shape index (κ2) is 5.65. The molecule has 23 heavy (non-hydrogen) atoms. The van der Waals surface area contributed by atoms with Crippen LogP contribution in [0.25, 0.3) is 17.2 Å². The first-order chi connectivity index (χ1) is 11.2. The van der Waals surface area contributed by atoms with Crippen molar-refractivity contribution in [3.05, 3.63) is 42.1 Å². The van der Waals surface area contributed by atoms with E-state index in [2.05, 4.69) is 27.9 Å². The number of aromatic nitrogens is 4. The molecule has 5 nitrogen and oxygen atoms in total. The smallest absolute Gasteiger partial charge is 0.254 e. The van der Waals surface area contributed by atoms with E-state index in [9.17, 15) is 0 Å². The topological polar surface area (TPSA) is 46.3 Å². The Balaban J connectivity index is 1.86. The van der Waals surface area contributed by atoms with E-state index in [0.29, 0.717) is 11.8 Å². The van der Waals surface area contributed by atoms with Crippen LogP contribution >= 0.6 is 0 Å². The third kappa shape index (κ3) is 2.56. The minimum absolute atomic E-state index is 0.526. The van der Waals surface area contributed by atoms with E-state index in [1.807, 2.05) is 41.8 Å². The summed E-state index contributed by atoms with van der Waals surface area (Å²) in [6.45, 7) is 5.38. The van der Waals surface area contributed by atoms with E-state index in [0.717, 1.165) is 29.4 Å². The highest BCUT2D eigenvalue weighted by Crippen LogP contribution is 2.26. The van der Waals surface area contributed by atoms with E-state index in [4.69, 9.17) is 5.10 Å². The number of piperidine rings is 1. The molecule has 1 fully saturated rings. The van der Waals surface area contributed by atoms with Crippen LogP contribution in [-0.4, -0.2) is 32.2 Å². The molecule has 5 heteroatoms. The number of benzene rings is 1. The minimum atomic E-state index is 0.526. The predicted molar refractivity (Wildman–Crippen MR) is 91.6 cm³/mol. The molecule has 0 amide bonds. The van der Waals surface area contributed by atoms with Crippen LogP contribution in [0.2, 0.25) is 0 Å². The number of hydrogen-bond donors (Lipinski definition) is 0. The Morgan fingerprint density at radius 1 is 1.09 bits per heavy atom. The molecule has 3 aromatic rings. The van der Waals surface area contributed by atoms with Gasteiger partial charge in [-0.3, -0.25) is 0 Å². The van der Waals surface area contributed by atoms with Gasteiger partial charge in [0.25, 0.3) is 5.78 Å². The van der Waals surface area contributed by atoms with Crippen LogP contribution in [0.5, 0.6) is 0 Å². The maximum absolute atomic E-state index is 4.74. The van der Waals surface area contributed by atoms with Gasteiger partial charge in [-0.05, 0) is 33.1 Å². The molecule has 0 aliphatic carbocycles. The zero-order valence-electron chi connectivity index (χ0n) is 13.6. The van der Waals surface area contributed by atoms with Gasteiger partial charge in [0.15, 0.2) is 5.82 Å². The molecule has 1 aliphatic heterocycles. The average molecular weight is 307 g/mol. The van der Waals surface area contributed by atoms with Crippen LogP contribution < -0.4 is 4.90 Å². The molecule has 0 unspecified atom stereocenters. The Bertz CT molecular complexity index is 824. The zero-order valence-corrected chi connectivity index (χ0v) is 13.6. The molecule has 2 aromatic heterocycles. The summed E-state index contributed by atoms with van der Waals surface area (Å²) in [4.78, 5) is 11.6. The van der Waals surface area contributed by atoms with Crippen molar-refractivity contribution in [2.24, 2.45) is 0 Å². The molecule has 0 radical (unpaired) electrons. The van der Waals surface area contributed by atoms with Gasteiger partial charge < -0.3 is 4.90 Å². The molecule has 118 valence electrons. The van der Waals surface area contributed by atoms with Crippen molar-refractivity contribution >= 4 is 11.6 Å². The summed E-state index contributed by atoms with van der Waals surface area (Å²) in [5.74, 6) is 2.51. The number of rotatable bonds is 2. The van der Waals surface area contributed by atoms with Crippen molar-refractivity contribution in [3.8, 4) is 11.4 Å². The second-order valence-electron chi connectivity index (χ2n) is 6.31. The Labute approximate surface area is 136 Å². The van der Waals surface area contributed by atoms with Crippen molar-refractivity contribution in [1.82, 2.24) is 19.6 Å². The number of hydrogen-bond acceptors (Lipinski definition) is 4. The van der Waals surface area contributed by atoms with Crippen LogP contribution in [0.4, 0.5) is 5.82 Å². The summed E-state index contributed by atoms with van der Waals surface area (Å²) < 4.78 is 1.90. The SMILES string of the molecule is Cc1cc(N2CCCC[C@H]2C)n2nc(-c3ccccc3)nc2n1. The van der Waals surface area contributed by atoms with Gasteiger partial charge in [0.05, 0.1) is 0 Å². The van der Waals surface area contributed by atoms with Crippen LogP contribution in [0.3, 0.4) is 0 Å². The van der Waals surface area contributed by atoms with E-state index < -0.39 is 0 Å². The lowest BCUT2D eigenvalue weighted by atomic mass is 10.0. The average Bonchev–Trinajstić information content (AvgIpc) is 2.99. The number of nitrogens with zero attached hydrogens (tertiary/aromatic N) is 5. The summed E-state index contributed by atoms with van der Waals surface area (Å²) in [7, 11) is 0. The Hall–Kier alpha value is -2.43. The fourth-order valence-corrected chi connectivity index (χ4v) is 3.32. The third-order valence-corrected chi connectivity index (χ3v) is 4.55. The predicted octanol–water partition coefficient (Wildman–Crippen LogP) is 3.48. The first kappa shape index (κ1) is 14.2. The standard InChI is InChI=1S/C18H21N5/c1-13-12-16(22-11-7-6-8-14(22)2)23-18(19-13)20-17(21-23)15-9-4-3-5-10-15/h3-5,9-10,12,14H,6-8,11H2,1-2H3/t14-/m1/s1. The Morgan fingerprint density at radius 3 is 2.70 bits per heavy atom. The van der Waals surface area contributed by atoms with Gasteiger partial charge in [0.1, 0.15) is 5.82 Å². The molecule has 1 aromatic carbocycles. The van der Waals surface area contributed by atoms with Crippen molar-refractivity contribution in [2.75, 3.05) is 11.4 Å². The molecule has 4 rings (SSSR count). The molecular weight excluding hydrogens is 286 g/mol. The Morgan fingerprint density at radius 2 is 1.91 bits per heavy atom. The molecule has 0 N–H and O–H groups in total. The van der Waals surface area contributed by atoms with Gasteiger partial charge in [-0.15, -0.1) is 5.10 Å². The summed E-state index contributed by atoms with van der Waals surface area (Å²) in [5, 5.41) is 4.74. The molecule has 0 spiro atoms. The van der Waals surface area contributed by atoms with Gasteiger partial charge in [-0.25, -0.2) is 4.98 Å². The maximum atomic E-state index is 4.74. The molecule has 1 saturated heterocycles. The fourth-order valence-electron chi connectivity index (χ4n) is 3.32. The largest absolute Gasteiger partial charge is 0.354 e. The molecule has 0 bridgehead atoms. The monoisotopic (exact) mass is 307 g/mol. The van der Waals surface area contributed by atoms with Crippen molar-refractivity contribution in [3.63, 3.8) is 0 Å². The lowest BCUT2D eigenvalue weighted by Gasteiger charge is -2.35. The summed E-state index contributed by atoms with van der Waals surface area (Å²) in [6, 6.07) is 12.7. The van der Waals surface area contributed by atoms with E-state index in [1.54, 1.807) is 0 Å². The van der Waals surface area contributed by atoms with Gasteiger partial charge >= 0.3 is 0 Å². The summed E-state index contributed by atoms with van der Waals surface area (Å²) in [5.41, 5.74) is 2.01. The molecule has 1 aliphatic rings. The molecule has 1 atom stereocenters. The third-order valence-electron chi connectivity index (χ3n) is 4.55. The molecular formula is C18H21N5. The highest BCUT2D eigenvalue weighted by molar-refractivity contribution is 5.59. The highest BCUT2D eigenvalue weighted by atomic mass is 15.4. The summed E-state index contributed by atoms with van der Waals surface area (Å²) in [6.07, 6.45) is 3.76. The minimum Gasteiger partial charge on any atom is -0.354 e. The van der Waals surface area contributed by atoms with Crippen molar-refractivity contribution < 1.29 is 0 Å². The van der Waals surface area contributed by atoms with Crippen LogP contribution in [0.1, 0.15) is 31.9 Å². The van der Waals surface area contributed by atoms with Gasteiger partial charge in [0, 0.05) is 29.9 Å². The fraction of sp³-hybridized carbons (Fsp3) is 0.389. The van der Waals surface area contributed by atoms with Gasteiger partial charge in [-0.2, -0.15) is 9.50 Å². The lowest BCUT2D eigenvalue weighted by molar-refractivity contribution is 0.477.